The van der Waals surface area contributed by atoms with Crippen LogP contribution in [0.4, 0.5) is 0 Å². The van der Waals surface area contributed by atoms with E-state index in [0.717, 1.165) is 27.7 Å². The molecule has 1 aromatic rings. The molecular weight excluding hydrogens is 422 g/mol. The third kappa shape index (κ3) is 4.10. The number of esters is 1. The standard InChI is InChI=1S/C21H23N3O4S2/c1-23-9-16(30-12-23)8-5-14-11-29-20-17(22)19(25)24(20)18(14)21(26)28-10-13-3-6-15(27-2)7-4-13/h3-9,17,20H,10-12,22H2,1-2H3/b8-5+/t17-,20-/m1/s1. The lowest BCUT2D eigenvalue weighted by Gasteiger charge is -2.48. The van der Waals surface area contributed by atoms with Gasteiger partial charge in [0.2, 0.25) is 5.91 Å². The number of ether oxygens (including phenoxy) is 2. The number of nitrogens with zero attached hydrogens (tertiary/aromatic N) is 2. The molecule has 9 heteroatoms. The van der Waals surface area contributed by atoms with Gasteiger partial charge >= 0.3 is 5.97 Å². The van der Waals surface area contributed by atoms with Crippen molar-refractivity contribution in [1.29, 1.82) is 0 Å². The van der Waals surface area contributed by atoms with Crippen LogP contribution in [0, 0.1) is 0 Å². The van der Waals surface area contributed by atoms with E-state index in [4.69, 9.17) is 15.2 Å². The fourth-order valence-electron chi connectivity index (χ4n) is 3.34. The van der Waals surface area contributed by atoms with Crippen LogP contribution in [0.15, 0.2) is 58.8 Å². The zero-order chi connectivity index (χ0) is 21.3. The van der Waals surface area contributed by atoms with Gasteiger partial charge in [-0.2, -0.15) is 0 Å². The van der Waals surface area contributed by atoms with Crippen molar-refractivity contribution >= 4 is 35.4 Å². The molecule has 3 aliphatic heterocycles. The van der Waals surface area contributed by atoms with E-state index in [-0.39, 0.29) is 17.9 Å². The lowest BCUT2D eigenvalue weighted by atomic mass is 10.0. The molecule has 1 aromatic carbocycles. The Balaban J connectivity index is 1.54. The Kier molecular flexibility index (Phi) is 6.12. The summed E-state index contributed by atoms with van der Waals surface area (Å²) in [5.41, 5.74) is 7.84. The van der Waals surface area contributed by atoms with Crippen molar-refractivity contribution in [2.24, 2.45) is 5.73 Å². The predicted molar refractivity (Wildman–Crippen MR) is 118 cm³/mol. The number of nitrogens with two attached hydrogens (primary N) is 1. The molecule has 30 heavy (non-hydrogen) atoms. The highest BCUT2D eigenvalue weighted by atomic mass is 32.2. The number of allylic oxidation sites excluding steroid dienone is 2. The van der Waals surface area contributed by atoms with Gasteiger partial charge in [0.25, 0.3) is 0 Å². The van der Waals surface area contributed by atoms with Gasteiger partial charge in [-0.1, -0.05) is 18.2 Å². The zero-order valence-corrected chi connectivity index (χ0v) is 18.4. The third-order valence-electron chi connectivity index (χ3n) is 4.99. The van der Waals surface area contributed by atoms with E-state index in [1.807, 2.05) is 49.7 Å². The number of thioether (sulfide) groups is 2. The molecule has 1 fully saturated rings. The Labute approximate surface area is 183 Å². The highest BCUT2D eigenvalue weighted by Gasteiger charge is 2.51. The van der Waals surface area contributed by atoms with Gasteiger partial charge in [-0.15, -0.1) is 23.5 Å². The number of hydrogen-bond donors (Lipinski definition) is 1. The summed E-state index contributed by atoms with van der Waals surface area (Å²) < 4.78 is 10.7. The second-order valence-electron chi connectivity index (χ2n) is 7.13. The second-order valence-corrected chi connectivity index (χ2v) is 9.25. The summed E-state index contributed by atoms with van der Waals surface area (Å²) in [6, 6.07) is 6.72. The molecule has 3 heterocycles. The normalized spacial score (nSPS) is 23.4. The molecule has 158 valence electrons. The van der Waals surface area contributed by atoms with Crippen molar-refractivity contribution in [3.05, 3.63) is 64.4 Å². The SMILES string of the molecule is COc1ccc(COC(=O)C2=C(/C=C/C3=CN(C)CS3)CS[C@@H]3[C@H](N)C(=O)N23)cc1. The quantitative estimate of drug-likeness (QED) is 0.527. The summed E-state index contributed by atoms with van der Waals surface area (Å²) in [7, 11) is 3.61. The molecule has 2 N–H and O–H groups in total. The van der Waals surface area contributed by atoms with Crippen LogP contribution < -0.4 is 10.5 Å². The first-order valence-corrected chi connectivity index (χ1v) is 11.5. The van der Waals surface area contributed by atoms with Gasteiger partial charge in [0.05, 0.1) is 13.0 Å². The number of carbonyl (C=O) groups is 2. The molecule has 0 saturated carbocycles. The second kappa shape index (κ2) is 8.79. The number of benzene rings is 1. The average molecular weight is 446 g/mol. The van der Waals surface area contributed by atoms with E-state index in [0.29, 0.717) is 11.4 Å². The minimum atomic E-state index is -0.577. The fourth-order valence-corrected chi connectivity index (χ4v) is 5.45. The minimum Gasteiger partial charge on any atom is -0.497 e. The first kappa shape index (κ1) is 20.9. The summed E-state index contributed by atoms with van der Waals surface area (Å²) in [5, 5.41) is -0.218. The maximum atomic E-state index is 13.0. The van der Waals surface area contributed by atoms with Crippen LogP contribution in [0.3, 0.4) is 0 Å². The van der Waals surface area contributed by atoms with E-state index in [1.54, 1.807) is 30.6 Å². The van der Waals surface area contributed by atoms with Crippen molar-refractivity contribution in [3.8, 4) is 5.75 Å². The van der Waals surface area contributed by atoms with E-state index >= 15 is 0 Å². The van der Waals surface area contributed by atoms with Gasteiger partial charge in [-0.25, -0.2) is 4.79 Å². The highest BCUT2D eigenvalue weighted by molar-refractivity contribution is 8.03. The largest absolute Gasteiger partial charge is 0.497 e. The van der Waals surface area contributed by atoms with Crippen LogP contribution in [0.1, 0.15) is 5.56 Å². The molecule has 0 bridgehead atoms. The van der Waals surface area contributed by atoms with Gasteiger partial charge in [0, 0.05) is 23.9 Å². The Morgan fingerprint density at radius 2 is 2.07 bits per heavy atom. The first-order chi connectivity index (χ1) is 14.5. The fraction of sp³-hybridized carbons (Fsp3) is 0.333. The molecule has 0 unspecified atom stereocenters. The smallest absolute Gasteiger partial charge is 0.355 e. The van der Waals surface area contributed by atoms with Crippen LogP contribution >= 0.6 is 23.5 Å². The summed E-state index contributed by atoms with van der Waals surface area (Å²) in [6.07, 6.45) is 5.93. The van der Waals surface area contributed by atoms with Crippen molar-refractivity contribution in [2.75, 3.05) is 25.8 Å². The molecule has 7 nitrogen and oxygen atoms in total. The Morgan fingerprint density at radius 1 is 1.30 bits per heavy atom. The van der Waals surface area contributed by atoms with Gasteiger partial charge in [-0.05, 0) is 29.3 Å². The maximum absolute atomic E-state index is 13.0. The molecule has 0 spiro atoms. The lowest BCUT2D eigenvalue weighted by molar-refractivity contribution is -0.151. The summed E-state index contributed by atoms with van der Waals surface area (Å²) in [5.74, 6) is 1.47. The topological polar surface area (TPSA) is 85.1 Å². The van der Waals surface area contributed by atoms with E-state index in [1.165, 1.54) is 4.90 Å². The number of carbonyl (C=O) groups excluding carboxylic acids is 2. The lowest BCUT2D eigenvalue weighted by Crippen LogP contribution is -2.68. The van der Waals surface area contributed by atoms with E-state index in [2.05, 4.69) is 4.90 Å². The predicted octanol–water partition coefficient (Wildman–Crippen LogP) is 2.27. The van der Waals surface area contributed by atoms with Gasteiger partial charge in [0.15, 0.2) is 0 Å². The van der Waals surface area contributed by atoms with E-state index < -0.39 is 12.0 Å². The number of amides is 1. The van der Waals surface area contributed by atoms with Crippen molar-refractivity contribution in [1.82, 2.24) is 9.80 Å². The molecule has 1 amide bonds. The summed E-state index contributed by atoms with van der Waals surface area (Å²) >= 11 is 3.29. The molecule has 1 saturated heterocycles. The molecule has 0 aromatic heterocycles. The van der Waals surface area contributed by atoms with Crippen LogP contribution in [0.5, 0.6) is 5.75 Å². The summed E-state index contributed by atoms with van der Waals surface area (Å²) in [6.45, 7) is 0.112. The Bertz CT molecular complexity index is 942. The molecule has 4 rings (SSSR count). The van der Waals surface area contributed by atoms with Gasteiger partial charge < -0.3 is 20.1 Å². The monoisotopic (exact) mass is 445 g/mol. The Hall–Kier alpha value is -2.36. The van der Waals surface area contributed by atoms with Gasteiger partial charge in [0.1, 0.15) is 29.5 Å². The molecule has 0 radical (unpaired) electrons. The van der Waals surface area contributed by atoms with Crippen LogP contribution in [-0.2, 0) is 20.9 Å². The maximum Gasteiger partial charge on any atom is 0.355 e. The van der Waals surface area contributed by atoms with E-state index in [9.17, 15) is 9.59 Å². The number of rotatable bonds is 6. The van der Waals surface area contributed by atoms with Crippen molar-refractivity contribution in [3.63, 3.8) is 0 Å². The number of β-lactam (4-membered cyclic amide) rings is 1. The third-order valence-corrected chi connectivity index (χ3v) is 7.43. The average Bonchev–Trinajstić information content (AvgIpc) is 3.20. The zero-order valence-electron chi connectivity index (χ0n) is 16.7. The molecule has 0 aliphatic carbocycles. The van der Waals surface area contributed by atoms with Crippen LogP contribution in [0.2, 0.25) is 0 Å². The van der Waals surface area contributed by atoms with Crippen LogP contribution in [0.25, 0.3) is 0 Å². The Morgan fingerprint density at radius 3 is 2.73 bits per heavy atom. The number of methoxy groups -OCH3 is 1. The minimum absolute atomic E-state index is 0.112. The number of hydrogen-bond acceptors (Lipinski definition) is 8. The molecule has 2 atom stereocenters. The van der Waals surface area contributed by atoms with Crippen LogP contribution in [-0.4, -0.2) is 58.9 Å². The summed E-state index contributed by atoms with van der Waals surface area (Å²) in [4.78, 5) is 30.1. The highest BCUT2D eigenvalue weighted by Crippen LogP contribution is 2.40. The molecule has 3 aliphatic rings. The molecular formula is C21H23N3O4S2. The number of fused-ring (bicyclic) bond motifs is 1. The van der Waals surface area contributed by atoms with Gasteiger partial charge in [-0.3, -0.25) is 9.69 Å². The van der Waals surface area contributed by atoms with Crippen molar-refractivity contribution in [2.45, 2.75) is 18.0 Å². The van der Waals surface area contributed by atoms with Crippen molar-refractivity contribution < 1.29 is 19.1 Å². The first-order valence-electron chi connectivity index (χ1n) is 9.44.